The fourth-order valence-electron chi connectivity index (χ4n) is 1.82. The summed E-state index contributed by atoms with van der Waals surface area (Å²) in [5, 5.41) is -0.126. The largest absolute Gasteiger partial charge is 0.444 e. The number of thioether (sulfide) groups is 1. The molecule has 1 aromatic heterocycles. The molecular formula is C19H12O2S. The molecule has 0 radical (unpaired) electrons. The van der Waals surface area contributed by atoms with Crippen molar-refractivity contribution in [1.82, 2.24) is 0 Å². The Kier molecular flexibility index (Phi) is 4.43. The van der Waals surface area contributed by atoms with Crippen LogP contribution in [-0.4, -0.2) is 5.12 Å². The van der Waals surface area contributed by atoms with Gasteiger partial charge in [-0.25, -0.2) is 0 Å². The summed E-state index contributed by atoms with van der Waals surface area (Å²) < 4.78 is 5.50. The standard InChI is InChI=1S/C19H12O2S/c20-19(22-17-9-5-2-6-10-17)18-14-13-16(21-18)12-11-15-7-3-1-4-8-15/h1-10,13-14H. The van der Waals surface area contributed by atoms with Gasteiger partial charge in [0.05, 0.1) is 0 Å². The van der Waals surface area contributed by atoms with Gasteiger partial charge in [-0.3, -0.25) is 4.79 Å². The van der Waals surface area contributed by atoms with E-state index >= 15 is 0 Å². The van der Waals surface area contributed by atoms with Gasteiger partial charge in [0.25, 0.3) is 5.12 Å². The van der Waals surface area contributed by atoms with Crippen LogP contribution in [0.4, 0.5) is 0 Å². The SMILES string of the molecule is O=C(Sc1ccccc1)c1ccc(C#Cc2ccccc2)o1. The highest BCUT2D eigenvalue weighted by molar-refractivity contribution is 8.14. The monoisotopic (exact) mass is 304 g/mol. The lowest BCUT2D eigenvalue weighted by Gasteiger charge is -1.96. The molecule has 0 aliphatic rings. The second kappa shape index (κ2) is 6.84. The molecule has 0 unspecified atom stereocenters. The first-order valence-corrected chi connectivity index (χ1v) is 7.57. The van der Waals surface area contributed by atoms with Crippen molar-refractivity contribution < 1.29 is 9.21 Å². The molecule has 0 spiro atoms. The van der Waals surface area contributed by atoms with Crippen LogP contribution in [0.2, 0.25) is 0 Å². The van der Waals surface area contributed by atoms with E-state index in [1.54, 1.807) is 12.1 Å². The van der Waals surface area contributed by atoms with E-state index in [2.05, 4.69) is 11.8 Å². The summed E-state index contributed by atoms with van der Waals surface area (Å²) in [5.41, 5.74) is 0.908. The minimum Gasteiger partial charge on any atom is -0.444 e. The van der Waals surface area contributed by atoms with E-state index in [1.165, 1.54) is 0 Å². The summed E-state index contributed by atoms with van der Waals surface area (Å²) in [6, 6.07) is 22.5. The number of rotatable bonds is 2. The first-order valence-electron chi connectivity index (χ1n) is 6.75. The Morgan fingerprint density at radius 2 is 1.50 bits per heavy atom. The Labute approximate surface area is 133 Å². The lowest BCUT2D eigenvalue weighted by atomic mass is 10.2. The van der Waals surface area contributed by atoms with Crippen LogP contribution in [-0.2, 0) is 0 Å². The van der Waals surface area contributed by atoms with Gasteiger partial charge >= 0.3 is 0 Å². The normalized spacial score (nSPS) is 9.82. The Bertz CT molecular complexity index is 824. The molecule has 3 heteroatoms. The van der Waals surface area contributed by atoms with Gasteiger partial charge in [0.15, 0.2) is 11.5 Å². The second-order valence-electron chi connectivity index (χ2n) is 4.48. The third kappa shape index (κ3) is 3.69. The van der Waals surface area contributed by atoms with Crippen LogP contribution in [0, 0.1) is 11.8 Å². The molecule has 0 fully saturated rings. The maximum absolute atomic E-state index is 12.1. The summed E-state index contributed by atoms with van der Waals surface area (Å²) in [5.74, 6) is 6.72. The molecule has 3 aromatic rings. The average Bonchev–Trinajstić information content (AvgIpc) is 3.04. The van der Waals surface area contributed by atoms with E-state index < -0.39 is 0 Å². The fraction of sp³-hybridized carbons (Fsp3) is 0. The molecule has 0 bridgehead atoms. The molecule has 22 heavy (non-hydrogen) atoms. The summed E-state index contributed by atoms with van der Waals surface area (Å²) >= 11 is 1.14. The quantitative estimate of drug-likeness (QED) is 0.511. The van der Waals surface area contributed by atoms with Gasteiger partial charge in [-0.15, -0.1) is 0 Å². The van der Waals surface area contributed by atoms with Crippen molar-refractivity contribution in [3.8, 4) is 11.8 Å². The smallest absolute Gasteiger partial charge is 0.259 e. The van der Waals surface area contributed by atoms with Crippen molar-refractivity contribution >= 4 is 16.9 Å². The highest BCUT2D eigenvalue weighted by atomic mass is 32.2. The highest BCUT2D eigenvalue weighted by Crippen LogP contribution is 2.23. The van der Waals surface area contributed by atoms with Gasteiger partial charge in [-0.05, 0) is 54.1 Å². The minimum absolute atomic E-state index is 0.126. The van der Waals surface area contributed by atoms with Crippen LogP contribution >= 0.6 is 11.8 Å². The third-order valence-electron chi connectivity index (χ3n) is 2.86. The van der Waals surface area contributed by atoms with Gasteiger partial charge in [0, 0.05) is 10.5 Å². The predicted molar refractivity (Wildman–Crippen MR) is 87.8 cm³/mol. The lowest BCUT2D eigenvalue weighted by molar-refractivity contribution is 0.106. The van der Waals surface area contributed by atoms with Crippen LogP contribution in [0.5, 0.6) is 0 Å². The van der Waals surface area contributed by atoms with Crippen LogP contribution in [0.1, 0.15) is 21.9 Å². The molecule has 0 aliphatic heterocycles. The molecule has 106 valence electrons. The molecule has 2 nitrogen and oxygen atoms in total. The number of benzene rings is 2. The maximum Gasteiger partial charge on any atom is 0.259 e. The van der Waals surface area contributed by atoms with Gasteiger partial charge in [0.2, 0.25) is 0 Å². The summed E-state index contributed by atoms with van der Waals surface area (Å²) in [4.78, 5) is 13.0. The molecule has 0 saturated heterocycles. The van der Waals surface area contributed by atoms with Crippen molar-refractivity contribution in [2.24, 2.45) is 0 Å². The molecule has 2 aromatic carbocycles. The summed E-state index contributed by atoms with van der Waals surface area (Å²) in [6.07, 6.45) is 0. The topological polar surface area (TPSA) is 30.2 Å². The summed E-state index contributed by atoms with van der Waals surface area (Å²) in [6.45, 7) is 0. The molecular weight excluding hydrogens is 292 g/mol. The van der Waals surface area contributed by atoms with Crippen molar-refractivity contribution in [1.29, 1.82) is 0 Å². The zero-order valence-electron chi connectivity index (χ0n) is 11.7. The minimum atomic E-state index is -0.126. The molecule has 0 amide bonds. The van der Waals surface area contributed by atoms with Crippen molar-refractivity contribution in [3.63, 3.8) is 0 Å². The summed E-state index contributed by atoms with van der Waals surface area (Å²) in [7, 11) is 0. The Morgan fingerprint density at radius 3 is 2.23 bits per heavy atom. The van der Waals surface area contributed by atoms with E-state index in [4.69, 9.17) is 4.42 Å². The molecule has 1 heterocycles. The van der Waals surface area contributed by atoms with Crippen molar-refractivity contribution in [3.05, 3.63) is 89.9 Å². The van der Waals surface area contributed by atoms with E-state index in [0.717, 1.165) is 22.2 Å². The predicted octanol–water partition coefficient (Wildman–Crippen LogP) is 4.61. The molecule has 0 N–H and O–H groups in total. The Morgan fingerprint density at radius 1 is 0.818 bits per heavy atom. The number of carbonyl (C=O) groups excluding carboxylic acids is 1. The van der Waals surface area contributed by atoms with Gasteiger partial charge in [-0.2, -0.15) is 0 Å². The maximum atomic E-state index is 12.1. The Hall–Kier alpha value is -2.70. The van der Waals surface area contributed by atoms with E-state index in [0.29, 0.717) is 11.5 Å². The van der Waals surface area contributed by atoms with Crippen molar-refractivity contribution in [2.75, 3.05) is 0 Å². The van der Waals surface area contributed by atoms with Crippen molar-refractivity contribution in [2.45, 2.75) is 4.90 Å². The van der Waals surface area contributed by atoms with E-state index in [1.807, 2.05) is 60.7 Å². The molecule has 0 aliphatic carbocycles. The number of hydrogen-bond donors (Lipinski definition) is 0. The van der Waals surface area contributed by atoms with E-state index in [9.17, 15) is 4.79 Å². The third-order valence-corrected chi connectivity index (χ3v) is 3.76. The van der Waals surface area contributed by atoms with Crippen LogP contribution < -0.4 is 0 Å². The second-order valence-corrected chi connectivity index (χ2v) is 5.53. The van der Waals surface area contributed by atoms with E-state index in [-0.39, 0.29) is 5.12 Å². The molecule has 0 atom stereocenters. The molecule has 0 saturated carbocycles. The van der Waals surface area contributed by atoms with Gasteiger partial charge < -0.3 is 4.42 Å². The van der Waals surface area contributed by atoms with Crippen LogP contribution in [0.15, 0.2) is 82.1 Å². The van der Waals surface area contributed by atoms with Crippen LogP contribution in [0.25, 0.3) is 0 Å². The fourth-order valence-corrected chi connectivity index (χ4v) is 2.53. The highest BCUT2D eigenvalue weighted by Gasteiger charge is 2.12. The number of furan rings is 1. The zero-order valence-corrected chi connectivity index (χ0v) is 12.5. The Balaban J connectivity index is 1.71. The van der Waals surface area contributed by atoms with Gasteiger partial charge in [0.1, 0.15) is 0 Å². The molecule has 3 rings (SSSR count). The lowest BCUT2D eigenvalue weighted by Crippen LogP contribution is -1.89. The zero-order chi connectivity index (χ0) is 15.2. The first kappa shape index (κ1) is 14.2. The average molecular weight is 304 g/mol. The van der Waals surface area contributed by atoms with Crippen LogP contribution in [0.3, 0.4) is 0 Å². The number of carbonyl (C=O) groups is 1. The first-order chi connectivity index (χ1) is 10.8. The number of hydrogen-bond acceptors (Lipinski definition) is 3. The van der Waals surface area contributed by atoms with Gasteiger partial charge in [-0.1, -0.05) is 42.3 Å².